The van der Waals surface area contributed by atoms with Gasteiger partial charge in [0.25, 0.3) is 0 Å². The molecule has 0 aliphatic rings. The van der Waals surface area contributed by atoms with Crippen LogP contribution < -0.4 is 16.6 Å². The normalized spacial score (nSPS) is 13.2. The maximum absolute atomic E-state index is 12.6. The number of hydrogen-bond acceptors (Lipinski definition) is 6. The van der Waals surface area contributed by atoms with Crippen molar-refractivity contribution in [3.63, 3.8) is 0 Å². The topological polar surface area (TPSA) is 104 Å². The fourth-order valence-electron chi connectivity index (χ4n) is 2.42. The Hall–Kier alpha value is -2.47. The average Bonchev–Trinajstić information content (AvgIpc) is 2.48. The number of benzene rings is 1. The van der Waals surface area contributed by atoms with Crippen molar-refractivity contribution >= 4 is 22.9 Å². The van der Waals surface area contributed by atoms with Gasteiger partial charge in [-0.05, 0) is 32.4 Å². The summed E-state index contributed by atoms with van der Waals surface area (Å²) in [5, 5.41) is 11.9. The van der Waals surface area contributed by atoms with E-state index in [-0.39, 0.29) is 22.9 Å². The zero-order valence-electron chi connectivity index (χ0n) is 13.2. The highest BCUT2D eigenvalue weighted by Gasteiger charge is 2.18. The van der Waals surface area contributed by atoms with Crippen molar-refractivity contribution in [3.05, 3.63) is 44.8 Å². The van der Waals surface area contributed by atoms with Gasteiger partial charge in [-0.1, -0.05) is 6.07 Å². The summed E-state index contributed by atoms with van der Waals surface area (Å²) in [4.78, 5) is 12.6. The maximum Gasteiger partial charge on any atom is 0.196 e. The molecule has 0 aliphatic heterocycles. The number of nitrogens with two attached hydrogens (primary N) is 1. The first-order valence-electron chi connectivity index (χ1n) is 6.99. The Balaban J connectivity index is 2.94. The fourth-order valence-corrected chi connectivity index (χ4v) is 2.42. The van der Waals surface area contributed by atoms with Gasteiger partial charge < -0.3 is 21.0 Å². The first kappa shape index (κ1) is 15.9. The van der Waals surface area contributed by atoms with Crippen molar-refractivity contribution in [1.82, 2.24) is 5.43 Å². The van der Waals surface area contributed by atoms with Crippen LogP contribution in [0, 0.1) is 19.3 Å². The number of nitrogens with one attached hydrogen (secondary N) is 2. The summed E-state index contributed by atoms with van der Waals surface area (Å²) in [7, 11) is 1.62. The summed E-state index contributed by atoms with van der Waals surface area (Å²) >= 11 is 0. The van der Waals surface area contributed by atoms with Gasteiger partial charge in [0, 0.05) is 30.4 Å². The van der Waals surface area contributed by atoms with Crippen molar-refractivity contribution in [1.29, 1.82) is 5.41 Å². The van der Waals surface area contributed by atoms with Gasteiger partial charge in [-0.3, -0.25) is 4.79 Å². The molecule has 1 atom stereocenters. The van der Waals surface area contributed by atoms with Crippen LogP contribution in [0.2, 0.25) is 0 Å². The molecule has 1 unspecified atom stereocenters. The van der Waals surface area contributed by atoms with Gasteiger partial charge >= 0.3 is 0 Å². The van der Waals surface area contributed by atoms with Crippen LogP contribution in [0.15, 0.2) is 26.4 Å². The summed E-state index contributed by atoms with van der Waals surface area (Å²) in [6.45, 7) is 5.43. The molecule has 0 saturated heterocycles. The molecule has 6 nitrogen and oxygen atoms in total. The van der Waals surface area contributed by atoms with Gasteiger partial charge in [0.15, 0.2) is 11.2 Å². The van der Waals surface area contributed by atoms with Crippen LogP contribution in [0.25, 0.3) is 11.0 Å². The molecule has 0 aliphatic carbocycles. The molecule has 0 radical (unpaired) electrons. The zero-order chi connectivity index (χ0) is 16.4. The molecule has 22 heavy (non-hydrogen) atoms. The number of aryl methyl sites for hydroxylation is 1. The molecule has 0 saturated carbocycles. The van der Waals surface area contributed by atoms with Crippen LogP contribution in [-0.2, 0) is 0 Å². The van der Waals surface area contributed by atoms with E-state index in [0.29, 0.717) is 16.5 Å². The molecule has 2 rings (SSSR count). The molecule has 1 aromatic heterocycles. The monoisotopic (exact) mass is 300 g/mol. The Morgan fingerprint density at radius 1 is 1.45 bits per heavy atom. The third kappa shape index (κ3) is 2.65. The summed E-state index contributed by atoms with van der Waals surface area (Å²) in [6, 6.07) is 3.43. The summed E-state index contributed by atoms with van der Waals surface area (Å²) in [5.41, 5.74) is 11.3. The number of hydrazone groups is 1. The van der Waals surface area contributed by atoms with E-state index in [1.54, 1.807) is 20.0 Å². The van der Waals surface area contributed by atoms with Crippen LogP contribution in [0.3, 0.4) is 0 Å². The number of hydrogen-bond donors (Lipinski definition) is 3. The standard InChI is InChI=1S/C16H20N4O2/c1-8-5-11(10(3)18)16-12(6-8)14(21)9(2)15(22-16)13(7-17)20-19-4/h5-7,10,17,19H,18H2,1-4H3/b17-7?,20-13+. The molecule has 0 bridgehead atoms. The zero-order valence-corrected chi connectivity index (χ0v) is 13.2. The molecule has 2 aromatic rings. The predicted molar refractivity (Wildman–Crippen MR) is 88.9 cm³/mol. The third-order valence-electron chi connectivity index (χ3n) is 3.48. The number of nitrogens with zero attached hydrogens (tertiary/aromatic N) is 1. The van der Waals surface area contributed by atoms with Crippen LogP contribution in [0.4, 0.5) is 0 Å². The Morgan fingerprint density at radius 3 is 2.68 bits per heavy atom. The van der Waals surface area contributed by atoms with Crippen molar-refractivity contribution < 1.29 is 4.42 Å². The highest BCUT2D eigenvalue weighted by atomic mass is 16.3. The van der Waals surface area contributed by atoms with E-state index in [4.69, 9.17) is 15.6 Å². The number of rotatable bonds is 4. The lowest BCUT2D eigenvalue weighted by Gasteiger charge is -2.13. The van der Waals surface area contributed by atoms with E-state index >= 15 is 0 Å². The van der Waals surface area contributed by atoms with Gasteiger partial charge in [0.1, 0.15) is 11.3 Å². The highest BCUT2D eigenvalue weighted by molar-refractivity contribution is 6.36. The summed E-state index contributed by atoms with van der Waals surface area (Å²) in [5.74, 6) is 0.285. The van der Waals surface area contributed by atoms with Crippen molar-refractivity contribution in [2.24, 2.45) is 10.8 Å². The first-order chi connectivity index (χ1) is 10.4. The Morgan fingerprint density at radius 2 is 2.14 bits per heavy atom. The van der Waals surface area contributed by atoms with E-state index in [1.807, 2.05) is 19.9 Å². The smallest absolute Gasteiger partial charge is 0.196 e. The number of fused-ring (bicyclic) bond motifs is 1. The van der Waals surface area contributed by atoms with Crippen LogP contribution >= 0.6 is 0 Å². The lowest BCUT2D eigenvalue weighted by atomic mass is 10.00. The summed E-state index contributed by atoms with van der Waals surface area (Å²) < 4.78 is 5.92. The van der Waals surface area contributed by atoms with Crippen molar-refractivity contribution in [2.45, 2.75) is 26.8 Å². The molecule has 0 spiro atoms. The van der Waals surface area contributed by atoms with E-state index in [9.17, 15) is 4.79 Å². The van der Waals surface area contributed by atoms with Gasteiger partial charge in [-0.15, -0.1) is 0 Å². The molecule has 4 N–H and O–H groups in total. The summed E-state index contributed by atoms with van der Waals surface area (Å²) in [6.07, 6.45) is 1.05. The molecule has 6 heteroatoms. The maximum atomic E-state index is 12.6. The predicted octanol–water partition coefficient (Wildman–Crippen LogP) is 2.00. The van der Waals surface area contributed by atoms with E-state index in [1.165, 1.54) is 0 Å². The van der Waals surface area contributed by atoms with E-state index < -0.39 is 0 Å². The Labute approximate surface area is 128 Å². The second kappa shape index (κ2) is 6.11. The van der Waals surface area contributed by atoms with Gasteiger partial charge in [-0.25, -0.2) is 0 Å². The highest BCUT2D eigenvalue weighted by Crippen LogP contribution is 2.25. The average molecular weight is 300 g/mol. The first-order valence-corrected chi connectivity index (χ1v) is 6.99. The van der Waals surface area contributed by atoms with Crippen LogP contribution in [0.1, 0.15) is 35.4 Å². The van der Waals surface area contributed by atoms with Crippen LogP contribution in [0.5, 0.6) is 0 Å². The molecule has 1 aromatic carbocycles. The van der Waals surface area contributed by atoms with Gasteiger partial charge in [0.05, 0.1) is 5.39 Å². The van der Waals surface area contributed by atoms with Crippen LogP contribution in [-0.4, -0.2) is 19.0 Å². The lowest BCUT2D eigenvalue weighted by Crippen LogP contribution is -2.18. The van der Waals surface area contributed by atoms with E-state index in [2.05, 4.69) is 10.5 Å². The second-order valence-electron chi connectivity index (χ2n) is 5.27. The minimum absolute atomic E-state index is 0.132. The van der Waals surface area contributed by atoms with Gasteiger partial charge in [-0.2, -0.15) is 5.10 Å². The molecule has 0 fully saturated rings. The van der Waals surface area contributed by atoms with E-state index in [0.717, 1.165) is 17.3 Å². The quantitative estimate of drug-likeness (QED) is 0.593. The van der Waals surface area contributed by atoms with Gasteiger partial charge in [0.2, 0.25) is 0 Å². The Kier molecular flexibility index (Phi) is 4.42. The SMILES string of the molecule is CN/N=C(\C=N)c1oc2c(C(C)N)cc(C)cc2c(=O)c1C. The molecule has 0 amide bonds. The molecule has 1 heterocycles. The molecular weight excluding hydrogens is 280 g/mol. The third-order valence-corrected chi connectivity index (χ3v) is 3.48. The second-order valence-corrected chi connectivity index (χ2v) is 5.27. The van der Waals surface area contributed by atoms with Crippen molar-refractivity contribution in [3.8, 4) is 0 Å². The largest absolute Gasteiger partial charge is 0.453 e. The molecular formula is C16H20N4O2. The molecule has 116 valence electrons. The van der Waals surface area contributed by atoms with Crippen molar-refractivity contribution in [2.75, 3.05) is 7.05 Å². The fraction of sp³-hybridized carbons (Fsp3) is 0.312. The Bertz CT molecular complexity index is 819. The minimum atomic E-state index is -0.272. The lowest BCUT2D eigenvalue weighted by molar-refractivity contribution is 0.577. The minimum Gasteiger partial charge on any atom is -0.453 e.